The minimum Gasteiger partial charge on any atom is -0.493 e. The molecule has 2 aromatic rings. The van der Waals surface area contributed by atoms with Gasteiger partial charge < -0.3 is 34.1 Å². The van der Waals surface area contributed by atoms with Crippen LogP contribution in [0, 0.1) is 0 Å². The minimum absolute atomic E-state index is 0.0183. The quantitative estimate of drug-likeness (QED) is 0.421. The Morgan fingerprint density at radius 2 is 1.43 bits per heavy atom. The zero-order chi connectivity index (χ0) is 29.2. The van der Waals surface area contributed by atoms with Crippen LogP contribution in [0.1, 0.15) is 65.7 Å². The molecule has 4 aliphatic rings. The van der Waals surface area contributed by atoms with E-state index in [1.165, 1.54) is 7.11 Å². The van der Waals surface area contributed by atoms with Crippen molar-refractivity contribution in [1.29, 1.82) is 0 Å². The van der Waals surface area contributed by atoms with Crippen molar-refractivity contribution in [2.45, 2.75) is 57.0 Å². The first-order valence-corrected chi connectivity index (χ1v) is 14.6. The fraction of sp³-hybridized carbons (Fsp3) is 0.484. The van der Waals surface area contributed by atoms with E-state index in [0.29, 0.717) is 71.7 Å². The van der Waals surface area contributed by atoms with Crippen molar-refractivity contribution in [1.82, 2.24) is 9.80 Å². The van der Waals surface area contributed by atoms with Crippen molar-refractivity contribution in [3.8, 4) is 23.0 Å². The molecule has 4 aliphatic heterocycles. The maximum atomic E-state index is 13.1. The Kier molecular flexibility index (Phi) is 7.90. The zero-order valence-electron chi connectivity index (χ0n) is 24.0. The van der Waals surface area contributed by atoms with Crippen molar-refractivity contribution in [3.63, 3.8) is 0 Å². The van der Waals surface area contributed by atoms with Gasteiger partial charge in [0.15, 0.2) is 23.0 Å². The van der Waals surface area contributed by atoms with Crippen LogP contribution in [0.15, 0.2) is 29.3 Å². The third-order valence-electron chi connectivity index (χ3n) is 8.37. The summed E-state index contributed by atoms with van der Waals surface area (Å²) >= 11 is 0. The predicted molar refractivity (Wildman–Crippen MR) is 156 cm³/mol. The van der Waals surface area contributed by atoms with Crippen LogP contribution in [0.2, 0.25) is 0 Å². The number of nitrogens with zero attached hydrogens (tertiary/aromatic N) is 3. The van der Waals surface area contributed by atoms with Gasteiger partial charge in [-0.2, -0.15) is 0 Å². The number of aliphatic imine (C=N–C) groups is 1. The number of carbonyl (C=O) groups excluding carboxylic acids is 3. The summed E-state index contributed by atoms with van der Waals surface area (Å²) in [5.74, 6) is 1.66. The van der Waals surface area contributed by atoms with Gasteiger partial charge in [0, 0.05) is 31.4 Å². The highest BCUT2D eigenvalue weighted by Gasteiger charge is 2.39. The zero-order valence-corrected chi connectivity index (χ0v) is 24.0. The van der Waals surface area contributed by atoms with Gasteiger partial charge in [-0.1, -0.05) is 0 Å². The number of anilines is 1. The van der Waals surface area contributed by atoms with Gasteiger partial charge in [0.05, 0.1) is 56.0 Å². The number of methoxy groups -OCH3 is 2. The normalized spacial score (nSPS) is 20.7. The smallest absolute Gasteiger partial charge is 0.256 e. The number of nitrogens with one attached hydrogen (secondary N) is 1. The van der Waals surface area contributed by atoms with Crippen molar-refractivity contribution < 1.29 is 33.3 Å². The Morgan fingerprint density at radius 1 is 0.786 bits per heavy atom. The molecule has 2 fully saturated rings. The molecule has 3 amide bonds. The number of benzene rings is 2. The largest absolute Gasteiger partial charge is 0.493 e. The monoisotopic (exact) mass is 576 g/mol. The fourth-order valence-electron chi connectivity index (χ4n) is 6.13. The lowest BCUT2D eigenvalue weighted by Crippen LogP contribution is -2.40. The van der Waals surface area contributed by atoms with Gasteiger partial charge in [-0.05, 0) is 57.1 Å². The molecule has 0 spiro atoms. The lowest BCUT2D eigenvalue weighted by atomic mass is 10.1. The number of fused-ring (bicyclic) bond motifs is 4. The summed E-state index contributed by atoms with van der Waals surface area (Å²) in [5, 5.41) is 2.90. The molecule has 6 rings (SSSR count). The third-order valence-corrected chi connectivity index (χ3v) is 8.37. The molecule has 1 N–H and O–H groups in total. The highest BCUT2D eigenvalue weighted by atomic mass is 16.5. The summed E-state index contributed by atoms with van der Waals surface area (Å²) in [6.07, 6.45) is 7.66. The molecule has 0 radical (unpaired) electrons. The number of rotatable bonds is 10. The van der Waals surface area contributed by atoms with Crippen LogP contribution >= 0.6 is 0 Å². The van der Waals surface area contributed by atoms with Gasteiger partial charge in [-0.25, -0.2) is 0 Å². The van der Waals surface area contributed by atoms with Crippen LogP contribution in [0.3, 0.4) is 0 Å². The van der Waals surface area contributed by atoms with Crippen molar-refractivity contribution >= 4 is 35.3 Å². The Bertz CT molecular complexity index is 1420. The molecule has 11 nitrogen and oxygen atoms in total. The van der Waals surface area contributed by atoms with E-state index < -0.39 is 6.04 Å². The highest BCUT2D eigenvalue weighted by molar-refractivity contribution is 6.10. The minimum atomic E-state index is -0.429. The third kappa shape index (κ3) is 5.23. The number of amides is 3. The molecule has 222 valence electrons. The molecule has 0 saturated carbocycles. The van der Waals surface area contributed by atoms with Crippen molar-refractivity contribution in [2.75, 3.05) is 45.8 Å². The molecule has 0 aliphatic carbocycles. The van der Waals surface area contributed by atoms with Crippen molar-refractivity contribution in [3.05, 3.63) is 35.4 Å². The summed E-state index contributed by atoms with van der Waals surface area (Å²) in [4.78, 5) is 46.9. The summed E-state index contributed by atoms with van der Waals surface area (Å²) in [7, 11) is 3.10. The number of unbranched alkanes of at least 4 members (excludes halogenated alkanes) is 2. The lowest BCUT2D eigenvalue weighted by Gasteiger charge is -2.20. The molecule has 0 unspecified atom stereocenters. The van der Waals surface area contributed by atoms with E-state index in [4.69, 9.17) is 18.9 Å². The summed E-state index contributed by atoms with van der Waals surface area (Å²) in [6.45, 7) is 2.22. The van der Waals surface area contributed by atoms with E-state index in [2.05, 4.69) is 10.3 Å². The van der Waals surface area contributed by atoms with Gasteiger partial charge >= 0.3 is 0 Å². The SMILES string of the molecule is COc1cc2c(cc1OCCCCCOc1cc3c(cc1OC)C(=O)N1CCC[C@H]1C(=O)N3)N=C[C@@H]1CCCN1C2=O. The van der Waals surface area contributed by atoms with Crippen LogP contribution < -0.4 is 24.3 Å². The topological polar surface area (TPSA) is 119 Å². The van der Waals surface area contributed by atoms with E-state index >= 15 is 0 Å². The number of ether oxygens (including phenoxy) is 4. The van der Waals surface area contributed by atoms with Gasteiger partial charge in [-0.3, -0.25) is 19.4 Å². The average molecular weight is 577 g/mol. The molecule has 4 heterocycles. The van der Waals surface area contributed by atoms with E-state index in [-0.39, 0.29) is 23.8 Å². The molecule has 2 aromatic carbocycles. The van der Waals surface area contributed by atoms with E-state index in [9.17, 15) is 14.4 Å². The first kappa shape index (κ1) is 27.9. The van der Waals surface area contributed by atoms with Crippen LogP contribution in [0.5, 0.6) is 23.0 Å². The molecule has 2 saturated heterocycles. The van der Waals surface area contributed by atoms with Crippen LogP contribution in [-0.4, -0.2) is 86.3 Å². The molecule has 2 atom stereocenters. The number of hydrogen-bond donors (Lipinski definition) is 1. The molecule has 0 aromatic heterocycles. The van der Waals surface area contributed by atoms with Gasteiger partial charge in [-0.15, -0.1) is 0 Å². The van der Waals surface area contributed by atoms with E-state index in [1.807, 2.05) is 11.1 Å². The van der Waals surface area contributed by atoms with Crippen LogP contribution in [0.4, 0.5) is 11.4 Å². The van der Waals surface area contributed by atoms with Gasteiger partial charge in [0.1, 0.15) is 6.04 Å². The second-order valence-corrected chi connectivity index (χ2v) is 11.0. The molecule has 0 bridgehead atoms. The molecule has 42 heavy (non-hydrogen) atoms. The molecular weight excluding hydrogens is 540 g/mol. The lowest BCUT2D eigenvalue weighted by molar-refractivity contribution is -0.119. The number of carbonyl (C=O) groups is 3. The summed E-state index contributed by atoms with van der Waals surface area (Å²) in [6, 6.07) is 6.46. The Labute approximate surface area is 244 Å². The molecular formula is C31H36N4O7. The standard InChI is InChI=1S/C31H36N4O7/c1-39-25-14-20-22(32-18-19-8-6-10-34(19)30(20)37)16-27(25)41-12-4-3-5-13-42-28-17-23-21(15-26(28)40-2)31(38)35-11-7-9-24(35)29(36)33-23/h14-19,24H,3-13H2,1-2H3,(H,33,36)/t19-,24-/m0/s1. The first-order chi connectivity index (χ1) is 20.5. The Balaban J connectivity index is 1.02. The van der Waals surface area contributed by atoms with Gasteiger partial charge in [0.25, 0.3) is 11.8 Å². The maximum absolute atomic E-state index is 13.1. The fourth-order valence-corrected chi connectivity index (χ4v) is 6.13. The molecule has 11 heteroatoms. The van der Waals surface area contributed by atoms with Crippen LogP contribution in [0.25, 0.3) is 0 Å². The van der Waals surface area contributed by atoms with Crippen LogP contribution in [-0.2, 0) is 4.79 Å². The van der Waals surface area contributed by atoms with Gasteiger partial charge in [0.2, 0.25) is 5.91 Å². The van der Waals surface area contributed by atoms with E-state index in [0.717, 1.165) is 45.1 Å². The maximum Gasteiger partial charge on any atom is 0.256 e. The second-order valence-electron chi connectivity index (χ2n) is 11.0. The summed E-state index contributed by atoms with van der Waals surface area (Å²) in [5.41, 5.74) is 2.00. The predicted octanol–water partition coefficient (Wildman–Crippen LogP) is 4.21. The Hall–Kier alpha value is -4.28. The Morgan fingerprint density at radius 3 is 2.17 bits per heavy atom. The second kappa shape index (κ2) is 11.9. The first-order valence-electron chi connectivity index (χ1n) is 14.6. The van der Waals surface area contributed by atoms with Crippen molar-refractivity contribution in [2.24, 2.45) is 4.99 Å². The summed E-state index contributed by atoms with van der Waals surface area (Å²) < 4.78 is 23.1. The van der Waals surface area contributed by atoms with E-state index in [1.54, 1.807) is 36.3 Å². The average Bonchev–Trinajstić information content (AvgIpc) is 3.65. The number of hydrogen-bond acceptors (Lipinski definition) is 8. The highest BCUT2D eigenvalue weighted by Crippen LogP contribution is 2.39.